The van der Waals surface area contributed by atoms with Crippen molar-refractivity contribution in [2.45, 2.75) is 13.2 Å². The second-order valence-electron chi connectivity index (χ2n) is 7.19. The second-order valence-corrected chi connectivity index (χ2v) is 7.63. The minimum absolute atomic E-state index is 0.186. The van der Waals surface area contributed by atoms with E-state index in [0.717, 1.165) is 16.9 Å². The van der Waals surface area contributed by atoms with Crippen molar-refractivity contribution >= 4 is 23.2 Å². The van der Waals surface area contributed by atoms with E-state index < -0.39 is 0 Å². The third-order valence-corrected chi connectivity index (χ3v) is 5.05. The van der Waals surface area contributed by atoms with Gasteiger partial charge in [-0.15, -0.1) is 0 Å². The van der Waals surface area contributed by atoms with E-state index in [0.29, 0.717) is 35.2 Å². The zero-order valence-corrected chi connectivity index (χ0v) is 18.1. The average molecular weight is 444 g/mol. The molecule has 1 N–H and O–H groups in total. The number of halogens is 1. The van der Waals surface area contributed by atoms with E-state index in [4.69, 9.17) is 21.1 Å². The highest BCUT2D eigenvalue weighted by Gasteiger charge is 2.07. The molecular formula is C27H22ClNO3. The fraction of sp³-hybridized carbons (Fsp3) is 0.0741. The molecule has 0 aliphatic rings. The summed E-state index contributed by atoms with van der Waals surface area (Å²) in [5.41, 5.74) is 3.37. The molecule has 0 spiro atoms. The van der Waals surface area contributed by atoms with Gasteiger partial charge in [0.25, 0.3) is 5.91 Å². The summed E-state index contributed by atoms with van der Waals surface area (Å²) >= 11 is 5.90. The third-order valence-electron chi connectivity index (χ3n) is 4.80. The molecule has 0 saturated carbocycles. The first-order valence-corrected chi connectivity index (χ1v) is 10.6. The van der Waals surface area contributed by atoms with Gasteiger partial charge in [0.1, 0.15) is 24.7 Å². The summed E-state index contributed by atoms with van der Waals surface area (Å²) in [6.07, 6.45) is 0. The standard InChI is InChI=1S/C27H22ClNO3/c28-23-10-6-21(7-11-23)19-32-26-16-12-24(13-17-26)29-27(30)22-8-14-25(15-9-22)31-18-20-4-2-1-3-5-20/h1-17H,18-19H2,(H,29,30). The number of amides is 1. The quantitative estimate of drug-likeness (QED) is 0.327. The Labute approximate surface area is 192 Å². The lowest BCUT2D eigenvalue weighted by Crippen LogP contribution is -2.11. The first kappa shape index (κ1) is 21.5. The van der Waals surface area contributed by atoms with Crippen LogP contribution < -0.4 is 14.8 Å². The first-order valence-electron chi connectivity index (χ1n) is 10.2. The largest absolute Gasteiger partial charge is 0.489 e. The van der Waals surface area contributed by atoms with Crippen molar-refractivity contribution in [1.82, 2.24) is 0 Å². The summed E-state index contributed by atoms with van der Waals surface area (Å²) in [7, 11) is 0. The molecule has 0 aliphatic carbocycles. The van der Waals surface area contributed by atoms with Crippen LogP contribution in [0, 0.1) is 0 Å². The molecule has 5 heteroatoms. The van der Waals surface area contributed by atoms with E-state index in [1.54, 1.807) is 24.3 Å². The lowest BCUT2D eigenvalue weighted by Gasteiger charge is -2.10. The van der Waals surface area contributed by atoms with Crippen LogP contribution in [-0.2, 0) is 13.2 Å². The Balaban J connectivity index is 1.28. The molecule has 32 heavy (non-hydrogen) atoms. The van der Waals surface area contributed by atoms with Gasteiger partial charge in [-0.2, -0.15) is 0 Å². The number of benzene rings is 4. The summed E-state index contributed by atoms with van der Waals surface area (Å²) in [6, 6.07) is 31.8. The Kier molecular flexibility index (Phi) is 7.05. The fourth-order valence-corrected chi connectivity index (χ4v) is 3.15. The monoisotopic (exact) mass is 443 g/mol. The smallest absolute Gasteiger partial charge is 0.255 e. The van der Waals surface area contributed by atoms with Gasteiger partial charge in [-0.05, 0) is 71.8 Å². The van der Waals surface area contributed by atoms with Gasteiger partial charge in [-0.1, -0.05) is 54.1 Å². The van der Waals surface area contributed by atoms with Gasteiger partial charge >= 0.3 is 0 Å². The van der Waals surface area contributed by atoms with Crippen LogP contribution in [0.5, 0.6) is 11.5 Å². The van der Waals surface area contributed by atoms with Gasteiger partial charge in [-0.25, -0.2) is 0 Å². The van der Waals surface area contributed by atoms with Gasteiger partial charge < -0.3 is 14.8 Å². The third kappa shape index (κ3) is 6.13. The molecule has 0 saturated heterocycles. The summed E-state index contributed by atoms with van der Waals surface area (Å²) in [4.78, 5) is 12.5. The van der Waals surface area contributed by atoms with E-state index in [2.05, 4.69) is 5.32 Å². The Hall–Kier alpha value is -3.76. The van der Waals surface area contributed by atoms with Crippen molar-refractivity contribution in [3.63, 3.8) is 0 Å². The molecule has 0 aliphatic heterocycles. The number of hydrogen-bond acceptors (Lipinski definition) is 3. The molecule has 4 nitrogen and oxygen atoms in total. The van der Waals surface area contributed by atoms with Crippen molar-refractivity contribution in [1.29, 1.82) is 0 Å². The number of nitrogens with one attached hydrogen (secondary N) is 1. The zero-order valence-electron chi connectivity index (χ0n) is 17.3. The molecule has 4 aromatic rings. The Bertz CT molecular complexity index is 1140. The minimum atomic E-state index is -0.186. The molecule has 4 aromatic carbocycles. The van der Waals surface area contributed by atoms with Crippen LogP contribution in [0.3, 0.4) is 0 Å². The van der Waals surface area contributed by atoms with E-state index in [-0.39, 0.29) is 5.91 Å². The predicted octanol–water partition coefficient (Wildman–Crippen LogP) is 6.75. The molecule has 160 valence electrons. The van der Waals surface area contributed by atoms with Crippen LogP contribution in [0.15, 0.2) is 103 Å². The maximum atomic E-state index is 12.5. The predicted molar refractivity (Wildman–Crippen MR) is 127 cm³/mol. The molecule has 0 unspecified atom stereocenters. The Morgan fingerprint density at radius 2 is 1.19 bits per heavy atom. The molecule has 0 fully saturated rings. The van der Waals surface area contributed by atoms with Gasteiger partial charge in [0, 0.05) is 16.3 Å². The highest BCUT2D eigenvalue weighted by atomic mass is 35.5. The maximum absolute atomic E-state index is 12.5. The summed E-state index contributed by atoms with van der Waals surface area (Å²) in [6.45, 7) is 0.931. The van der Waals surface area contributed by atoms with Gasteiger partial charge in [0.15, 0.2) is 0 Å². The minimum Gasteiger partial charge on any atom is -0.489 e. The molecule has 0 atom stereocenters. The van der Waals surface area contributed by atoms with Gasteiger partial charge in [0.2, 0.25) is 0 Å². The van der Waals surface area contributed by atoms with E-state index in [1.807, 2.05) is 78.9 Å². The van der Waals surface area contributed by atoms with Gasteiger partial charge in [0.05, 0.1) is 0 Å². The van der Waals surface area contributed by atoms with Crippen molar-refractivity contribution < 1.29 is 14.3 Å². The first-order chi connectivity index (χ1) is 15.7. The molecule has 4 rings (SSSR count). The summed E-state index contributed by atoms with van der Waals surface area (Å²) in [5, 5.41) is 3.59. The normalized spacial score (nSPS) is 10.4. The lowest BCUT2D eigenvalue weighted by atomic mass is 10.2. The maximum Gasteiger partial charge on any atom is 0.255 e. The number of hydrogen-bond donors (Lipinski definition) is 1. The fourth-order valence-electron chi connectivity index (χ4n) is 3.03. The molecule has 0 aromatic heterocycles. The van der Waals surface area contributed by atoms with Crippen LogP contribution in [0.25, 0.3) is 0 Å². The van der Waals surface area contributed by atoms with Crippen molar-refractivity contribution in [3.8, 4) is 11.5 Å². The molecular weight excluding hydrogens is 422 g/mol. The molecule has 1 amide bonds. The van der Waals surface area contributed by atoms with E-state index >= 15 is 0 Å². The average Bonchev–Trinajstić information content (AvgIpc) is 2.84. The van der Waals surface area contributed by atoms with Crippen LogP contribution in [0.2, 0.25) is 5.02 Å². The SMILES string of the molecule is O=C(Nc1ccc(OCc2ccc(Cl)cc2)cc1)c1ccc(OCc2ccccc2)cc1. The van der Waals surface area contributed by atoms with Crippen molar-refractivity contribution in [2.24, 2.45) is 0 Å². The van der Waals surface area contributed by atoms with Gasteiger partial charge in [-0.3, -0.25) is 4.79 Å². The molecule has 0 heterocycles. The van der Waals surface area contributed by atoms with Crippen molar-refractivity contribution in [3.05, 3.63) is 125 Å². The van der Waals surface area contributed by atoms with Crippen LogP contribution in [-0.4, -0.2) is 5.91 Å². The Morgan fingerprint density at radius 1 is 0.656 bits per heavy atom. The van der Waals surface area contributed by atoms with Crippen LogP contribution in [0.1, 0.15) is 21.5 Å². The number of rotatable bonds is 8. The Morgan fingerprint density at radius 3 is 1.78 bits per heavy atom. The zero-order chi connectivity index (χ0) is 22.2. The lowest BCUT2D eigenvalue weighted by molar-refractivity contribution is 0.102. The number of ether oxygens (including phenoxy) is 2. The highest BCUT2D eigenvalue weighted by Crippen LogP contribution is 2.20. The highest BCUT2D eigenvalue weighted by molar-refractivity contribution is 6.30. The second kappa shape index (κ2) is 10.5. The van der Waals surface area contributed by atoms with E-state index in [9.17, 15) is 4.79 Å². The number of carbonyl (C=O) groups excluding carboxylic acids is 1. The van der Waals surface area contributed by atoms with Crippen LogP contribution in [0.4, 0.5) is 5.69 Å². The summed E-state index contributed by atoms with van der Waals surface area (Å²) in [5.74, 6) is 1.25. The van der Waals surface area contributed by atoms with Crippen molar-refractivity contribution in [2.75, 3.05) is 5.32 Å². The summed E-state index contributed by atoms with van der Waals surface area (Å²) < 4.78 is 11.5. The molecule has 0 radical (unpaired) electrons. The number of anilines is 1. The number of carbonyl (C=O) groups is 1. The molecule has 0 bridgehead atoms. The van der Waals surface area contributed by atoms with E-state index in [1.165, 1.54) is 0 Å². The topological polar surface area (TPSA) is 47.6 Å². The van der Waals surface area contributed by atoms with Crippen LogP contribution >= 0.6 is 11.6 Å².